The lowest BCUT2D eigenvalue weighted by Crippen LogP contribution is -2.43. The van der Waals surface area contributed by atoms with Crippen LogP contribution in [0.5, 0.6) is 0 Å². The summed E-state index contributed by atoms with van der Waals surface area (Å²) in [6.45, 7) is 3.74. The van der Waals surface area contributed by atoms with Gasteiger partial charge in [-0.2, -0.15) is 0 Å². The maximum Gasteiger partial charge on any atom is 0.313 e. The summed E-state index contributed by atoms with van der Waals surface area (Å²) in [7, 11) is 0. The van der Waals surface area contributed by atoms with Crippen LogP contribution in [0.15, 0.2) is 30.3 Å². The van der Waals surface area contributed by atoms with Crippen molar-refractivity contribution in [2.75, 3.05) is 39.3 Å². The van der Waals surface area contributed by atoms with E-state index in [1.54, 1.807) is 4.90 Å². The lowest BCUT2D eigenvalue weighted by atomic mass is 9.81. The summed E-state index contributed by atoms with van der Waals surface area (Å²) in [6.07, 6.45) is 0.766. The summed E-state index contributed by atoms with van der Waals surface area (Å²) in [5, 5.41) is 12.6. The number of benzene rings is 1. The molecule has 2 fully saturated rings. The molecular formula is C19H25N3O4. The molecule has 0 unspecified atom stereocenters. The van der Waals surface area contributed by atoms with Crippen LogP contribution in [0.4, 0.5) is 0 Å². The number of hydrogen-bond donors (Lipinski definition) is 2. The lowest BCUT2D eigenvalue weighted by Gasteiger charge is -2.24. The molecule has 0 aliphatic carbocycles. The predicted octanol–water partition coefficient (Wildman–Crippen LogP) is 0.210. The Morgan fingerprint density at radius 3 is 2.54 bits per heavy atom. The predicted molar refractivity (Wildman–Crippen MR) is 95.4 cm³/mol. The molecule has 7 heteroatoms. The maximum atomic E-state index is 12.2. The van der Waals surface area contributed by atoms with E-state index >= 15 is 0 Å². The van der Waals surface area contributed by atoms with Crippen molar-refractivity contribution in [3.8, 4) is 0 Å². The first kappa shape index (κ1) is 18.4. The zero-order chi connectivity index (χ0) is 18.7. The molecule has 2 saturated heterocycles. The van der Waals surface area contributed by atoms with Crippen molar-refractivity contribution in [2.24, 2.45) is 11.3 Å². The minimum absolute atomic E-state index is 0.0924. The molecule has 2 heterocycles. The number of likely N-dealkylation sites (tertiary alicyclic amines) is 2. The standard InChI is InChI=1S/C19H25N3O4/c1-14(23)22-10-16-9-21(12-19(16,13-22)18(25)26)11-17(24)20-8-7-15-5-3-2-4-6-15/h2-6,16H,7-13H2,1H3,(H,20,24)(H,25,26)/t16-,19-/m1/s1. The summed E-state index contributed by atoms with van der Waals surface area (Å²) in [6, 6.07) is 9.93. The Kier molecular flexibility index (Phi) is 5.27. The monoisotopic (exact) mass is 359 g/mol. The highest BCUT2D eigenvalue weighted by atomic mass is 16.4. The van der Waals surface area contributed by atoms with E-state index in [2.05, 4.69) is 5.32 Å². The molecule has 1 aromatic rings. The molecule has 140 valence electrons. The fraction of sp³-hybridized carbons (Fsp3) is 0.526. The van der Waals surface area contributed by atoms with Gasteiger partial charge in [-0.3, -0.25) is 19.3 Å². The van der Waals surface area contributed by atoms with Gasteiger partial charge in [0.05, 0.1) is 6.54 Å². The summed E-state index contributed by atoms with van der Waals surface area (Å²) in [5.74, 6) is -1.19. The molecule has 0 spiro atoms. The molecule has 0 saturated carbocycles. The number of carbonyl (C=O) groups excluding carboxylic acids is 2. The van der Waals surface area contributed by atoms with Crippen molar-refractivity contribution in [1.82, 2.24) is 15.1 Å². The highest BCUT2D eigenvalue weighted by Crippen LogP contribution is 2.42. The summed E-state index contributed by atoms with van der Waals surface area (Å²) >= 11 is 0. The van der Waals surface area contributed by atoms with Gasteiger partial charge in [-0.15, -0.1) is 0 Å². The second-order valence-corrected chi connectivity index (χ2v) is 7.31. The third-order valence-electron chi connectivity index (χ3n) is 5.50. The minimum atomic E-state index is -0.948. The van der Waals surface area contributed by atoms with E-state index in [4.69, 9.17) is 0 Å². The molecule has 3 rings (SSSR count). The smallest absolute Gasteiger partial charge is 0.313 e. The van der Waals surface area contributed by atoms with Gasteiger partial charge in [0, 0.05) is 45.6 Å². The van der Waals surface area contributed by atoms with Crippen LogP contribution in [0.3, 0.4) is 0 Å². The Hall–Kier alpha value is -2.41. The van der Waals surface area contributed by atoms with Gasteiger partial charge in [-0.05, 0) is 12.0 Å². The first-order valence-corrected chi connectivity index (χ1v) is 8.92. The molecule has 2 N–H and O–H groups in total. The second-order valence-electron chi connectivity index (χ2n) is 7.31. The van der Waals surface area contributed by atoms with E-state index in [1.807, 2.05) is 35.2 Å². The summed E-state index contributed by atoms with van der Waals surface area (Å²) < 4.78 is 0. The van der Waals surface area contributed by atoms with Crippen molar-refractivity contribution in [2.45, 2.75) is 13.3 Å². The van der Waals surface area contributed by atoms with Crippen LogP contribution < -0.4 is 5.32 Å². The molecule has 1 aromatic carbocycles. The molecule has 0 aromatic heterocycles. The van der Waals surface area contributed by atoms with E-state index in [0.717, 1.165) is 12.0 Å². The number of carbonyl (C=O) groups is 3. The van der Waals surface area contributed by atoms with Gasteiger partial charge in [-0.1, -0.05) is 30.3 Å². The Morgan fingerprint density at radius 2 is 1.92 bits per heavy atom. The third kappa shape index (κ3) is 3.72. The van der Waals surface area contributed by atoms with E-state index in [1.165, 1.54) is 6.92 Å². The molecule has 2 aliphatic heterocycles. The Labute approximate surface area is 153 Å². The van der Waals surface area contributed by atoms with Crippen molar-refractivity contribution in [3.05, 3.63) is 35.9 Å². The van der Waals surface area contributed by atoms with Crippen molar-refractivity contribution in [3.63, 3.8) is 0 Å². The number of aliphatic carboxylic acids is 1. The topological polar surface area (TPSA) is 90.0 Å². The number of rotatable bonds is 6. The van der Waals surface area contributed by atoms with Crippen LogP contribution in [-0.2, 0) is 20.8 Å². The van der Waals surface area contributed by atoms with Crippen LogP contribution in [0.1, 0.15) is 12.5 Å². The molecule has 2 atom stereocenters. The van der Waals surface area contributed by atoms with E-state index < -0.39 is 11.4 Å². The van der Waals surface area contributed by atoms with Crippen LogP contribution in [0.25, 0.3) is 0 Å². The van der Waals surface area contributed by atoms with E-state index in [9.17, 15) is 19.5 Å². The van der Waals surface area contributed by atoms with Crippen LogP contribution >= 0.6 is 0 Å². The Balaban J connectivity index is 1.50. The highest BCUT2D eigenvalue weighted by molar-refractivity contribution is 5.81. The van der Waals surface area contributed by atoms with Gasteiger partial charge in [0.2, 0.25) is 11.8 Å². The van der Waals surface area contributed by atoms with Gasteiger partial charge in [0.15, 0.2) is 0 Å². The highest BCUT2D eigenvalue weighted by Gasteiger charge is 2.58. The van der Waals surface area contributed by atoms with Crippen LogP contribution in [-0.4, -0.2) is 72.0 Å². The number of carboxylic acid groups (broad SMARTS) is 1. The van der Waals surface area contributed by atoms with Crippen LogP contribution in [0.2, 0.25) is 0 Å². The SMILES string of the molecule is CC(=O)N1C[C@H]2CN(CC(=O)NCCc3ccccc3)C[C@@]2(C(=O)O)C1. The largest absolute Gasteiger partial charge is 0.481 e. The van der Waals surface area contributed by atoms with E-state index in [-0.39, 0.29) is 30.8 Å². The normalized spacial score (nSPS) is 25.1. The summed E-state index contributed by atoms with van der Waals surface area (Å²) in [5.41, 5.74) is 0.216. The third-order valence-corrected chi connectivity index (χ3v) is 5.50. The average Bonchev–Trinajstić information content (AvgIpc) is 3.11. The molecular weight excluding hydrogens is 334 g/mol. The molecule has 7 nitrogen and oxygen atoms in total. The number of nitrogens with zero attached hydrogens (tertiary/aromatic N) is 2. The second kappa shape index (κ2) is 7.45. The maximum absolute atomic E-state index is 12.2. The lowest BCUT2D eigenvalue weighted by molar-refractivity contribution is -0.149. The van der Waals surface area contributed by atoms with Gasteiger partial charge < -0.3 is 15.3 Å². The van der Waals surface area contributed by atoms with Gasteiger partial charge >= 0.3 is 5.97 Å². The number of hydrogen-bond acceptors (Lipinski definition) is 4. The fourth-order valence-electron chi connectivity index (χ4n) is 4.08. The molecule has 0 radical (unpaired) electrons. The number of amides is 2. The zero-order valence-corrected chi connectivity index (χ0v) is 15.0. The van der Waals surface area contributed by atoms with Crippen molar-refractivity contribution in [1.29, 1.82) is 0 Å². The fourth-order valence-corrected chi connectivity index (χ4v) is 4.08. The first-order chi connectivity index (χ1) is 12.4. The van der Waals surface area contributed by atoms with Gasteiger partial charge in [0.25, 0.3) is 0 Å². The number of nitrogens with one attached hydrogen (secondary N) is 1. The molecule has 2 aliphatic rings. The zero-order valence-electron chi connectivity index (χ0n) is 15.0. The van der Waals surface area contributed by atoms with Crippen molar-refractivity contribution >= 4 is 17.8 Å². The number of carboxylic acids is 1. The first-order valence-electron chi connectivity index (χ1n) is 8.92. The molecule has 0 bridgehead atoms. The Bertz CT molecular complexity index is 693. The number of fused-ring (bicyclic) bond motifs is 1. The average molecular weight is 359 g/mol. The van der Waals surface area contributed by atoms with Crippen molar-refractivity contribution < 1.29 is 19.5 Å². The molecule has 26 heavy (non-hydrogen) atoms. The van der Waals surface area contributed by atoms with Crippen LogP contribution in [0, 0.1) is 11.3 Å². The van der Waals surface area contributed by atoms with Gasteiger partial charge in [-0.25, -0.2) is 0 Å². The quantitative estimate of drug-likeness (QED) is 0.758. The minimum Gasteiger partial charge on any atom is -0.481 e. The van der Waals surface area contributed by atoms with Gasteiger partial charge in [0.1, 0.15) is 5.41 Å². The van der Waals surface area contributed by atoms with E-state index in [0.29, 0.717) is 26.2 Å². The molecule has 2 amide bonds. The summed E-state index contributed by atoms with van der Waals surface area (Å²) in [4.78, 5) is 39.2. The Morgan fingerprint density at radius 1 is 1.19 bits per heavy atom.